The van der Waals surface area contributed by atoms with Gasteiger partial charge in [-0.2, -0.15) is 0 Å². The van der Waals surface area contributed by atoms with Crippen molar-refractivity contribution in [1.29, 1.82) is 0 Å². The number of anilines is 1. The Morgan fingerprint density at radius 1 is 1.06 bits per heavy atom. The molecule has 2 amide bonds. The van der Waals surface area contributed by atoms with Gasteiger partial charge in [0.2, 0.25) is 10.0 Å². The number of hydrogen-bond acceptors (Lipinski definition) is 4. The first-order chi connectivity index (χ1) is 14.6. The highest BCUT2D eigenvalue weighted by molar-refractivity contribution is 7.90. The maximum atomic E-state index is 12.8. The zero-order valence-corrected chi connectivity index (χ0v) is 20.0. The Labute approximate surface area is 187 Å². The van der Waals surface area contributed by atoms with Gasteiger partial charge in [0, 0.05) is 12.2 Å². The molecule has 7 heteroatoms. The van der Waals surface area contributed by atoms with Crippen LogP contribution in [0.2, 0.25) is 0 Å². The summed E-state index contributed by atoms with van der Waals surface area (Å²) in [5.41, 5.74) is 5.48. The van der Waals surface area contributed by atoms with Crippen molar-refractivity contribution < 1.29 is 13.2 Å². The monoisotopic (exact) mass is 447 g/mol. The van der Waals surface area contributed by atoms with Gasteiger partial charge in [0.15, 0.2) is 0 Å². The number of aryl methyl sites for hydroxylation is 2. The predicted molar refractivity (Wildman–Crippen MR) is 125 cm³/mol. The van der Waals surface area contributed by atoms with E-state index < -0.39 is 21.5 Å². The first-order valence-corrected chi connectivity index (χ1v) is 13.5. The van der Waals surface area contributed by atoms with Gasteiger partial charge in [-0.1, -0.05) is 26.8 Å². The molecule has 31 heavy (non-hydrogen) atoms. The van der Waals surface area contributed by atoms with Crippen molar-refractivity contribution in [2.24, 2.45) is 11.3 Å². The lowest BCUT2D eigenvalue weighted by molar-refractivity contribution is 0.143. The minimum atomic E-state index is -3.74. The lowest BCUT2D eigenvalue weighted by Crippen LogP contribution is -2.45. The molecule has 0 aromatic heterocycles. The van der Waals surface area contributed by atoms with Crippen molar-refractivity contribution in [2.75, 3.05) is 30.7 Å². The normalized spacial score (nSPS) is 19.8. The Bertz CT molecular complexity index is 915. The molecular formula is C24H37N3O3S. The van der Waals surface area contributed by atoms with Crippen molar-refractivity contribution in [2.45, 2.75) is 72.1 Å². The summed E-state index contributed by atoms with van der Waals surface area (Å²) in [6.45, 7) is 8.97. The van der Waals surface area contributed by atoms with Crippen LogP contribution < -0.4 is 10.0 Å². The molecule has 1 aromatic carbocycles. The number of carbonyl (C=O) groups is 1. The molecule has 0 unspecified atom stereocenters. The second-order valence-corrected chi connectivity index (χ2v) is 12.4. The van der Waals surface area contributed by atoms with Crippen LogP contribution >= 0.6 is 0 Å². The quantitative estimate of drug-likeness (QED) is 0.694. The van der Waals surface area contributed by atoms with E-state index in [1.807, 2.05) is 13.8 Å². The van der Waals surface area contributed by atoms with Gasteiger partial charge < -0.3 is 10.2 Å². The number of amides is 2. The van der Waals surface area contributed by atoms with Crippen molar-refractivity contribution in [3.8, 4) is 0 Å². The van der Waals surface area contributed by atoms with Crippen LogP contribution in [0.3, 0.4) is 0 Å². The second-order valence-electron chi connectivity index (χ2n) is 10.7. The molecular weight excluding hydrogens is 410 g/mol. The number of fused-ring (bicyclic) bond motifs is 2. The molecule has 172 valence electrons. The predicted octanol–water partition coefficient (Wildman–Crippen LogP) is 3.87. The van der Waals surface area contributed by atoms with Gasteiger partial charge >= 0.3 is 6.03 Å². The van der Waals surface area contributed by atoms with Crippen LogP contribution in [0.5, 0.6) is 0 Å². The van der Waals surface area contributed by atoms with Crippen LogP contribution in [0.15, 0.2) is 6.07 Å². The number of nitrogens with one attached hydrogen (secondary N) is 2. The molecule has 0 radical (unpaired) electrons. The largest absolute Gasteiger partial charge is 0.332 e. The highest BCUT2D eigenvalue weighted by atomic mass is 32.2. The number of nitrogens with zero attached hydrogens (tertiary/aromatic N) is 1. The van der Waals surface area contributed by atoms with E-state index in [4.69, 9.17) is 0 Å². The minimum absolute atomic E-state index is 0.0650. The summed E-state index contributed by atoms with van der Waals surface area (Å²) in [6.07, 6.45) is 8.50. The summed E-state index contributed by atoms with van der Waals surface area (Å²) in [4.78, 5) is 15.1. The highest BCUT2D eigenvalue weighted by Gasteiger charge is 2.31. The Morgan fingerprint density at radius 2 is 1.65 bits per heavy atom. The van der Waals surface area contributed by atoms with Gasteiger partial charge in [0.1, 0.15) is 0 Å². The third-order valence-corrected chi connectivity index (χ3v) is 8.73. The van der Waals surface area contributed by atoms with E-state index in [1.165, 1.54) is 22.3 Å². The Morgan fingerprint density at radius 3 is 2.23 bits per heavy atom. The van der Waals surface area contributed by atoms with Crippen LogP contribution in [0.25, 0.3) is 0 Å². The van der Waals surface area contributed by atoms with Crippen molar-refractivity contribution in [1.82, 2.24) is 9.62 Å². The standard InChI is InChI=1S/C24H37N3O3S/c1-17-10-12-27(13-11-17)15-24(2,3)16-31(29,30)26-23(28)25-22-20-8-4-6-18(20)14-19-7-5-9-21(19)22/h14,17H,4-13,15-16H2,1-3H3,(H2,25,26,28). The van der Waals surface area contributed by atoms with E-state index >= 15 is 0 Å². The summed E-state index contributed by atoms with van der Waals surface area (Å²) in [6, 6.07) is 1.67. The molecule has 4 rings (SSSR count). The Balaban J connectivity index is 1.39. The summed E-state index contributed by atoms with van der Waals surface area (Å²) >= 11 is 0. The van der Waals surface area contributed by atoms with Gasteiger partial charge in [0.25, 0.3) is 0 Å². The molecule has 0 saturated carbocycles. The van der Waals surface area contributed by atoms with E-state index in [-0.39, 0.29) is 5.75 Å². The molecule has 2 N–H and O–H groups in total. The van der Waals surface area contributed by atoms with E-state index in [0.29, 0.717) is 0 Å². The average molecular weight is 448 g/mol. The maximum absolute atomic E-state index is 12.8. The van der Waals surface area contributed by atoms with E-state index in [9.17, 15) is 13.2 Å². The molecule has 1 fully saturated rings. The molecule has 3 aliphatic rings. The van der Waals surface area contributed by atoms with Crippen LogP contribution in [0, 0.1) is 11.3 Å². The van der Waals surface area contributed by atoms with Crippen LogP contribution in [0.4, 0.5) is 10.5 Å². The zero-order valence-electron chi connectivity index (χ0n) is 19.2. The van der Waals surface area contributed by atoms with Crippen molar-refractivity contribution in [3.05, 3.63) is 28.3 Å². The summed E-state index contributed by atoms with van der Waals surface area (Å²) in [7, 11) is -3.74. The summed E-state index contributed by atoms with van der Waals surface area (Å²) in [5, 5.41) is 2.93. The molecule has 0 atom stereocenters. The van der Waals surface area contributed by atoms with E-state index in [2.05, 4.69) is 27.9 Å². The third-order valence-electron chi connectivity index (χ3n) is 7.07. The average Bonchev–Trinajstić information content (AvgIpc) is 3.30. The fraction of sp³-hybridized carbons (Fsp3) is 0.708. The number of benzene rings is 1. The molecule has 0 spiro atoms. The minimum Gasteiger partial charge on any atom is -0.307 e. The van der Waals surface area contributed by atoms with Crippen LogP contribution in [-0.4, -0.2) is 44.7 Å². The third kappa shape index (κ3) is 5.43. The molecule has 1 aromatic rings. The van der Waals surface area contributed by atoms with Crippen molar-refractivity contribution in [3.63, 3.8) is 0 Å². The Kier molecular flexibility index (Phi) is 6.37. The number of likely N-dealkylation sites (tertiary alicyclic amines) is 1. The smallest absolute Gasteiger partial charge is 0.307 e. The number of hydrogen-bond donors (Lipinski definition) is 2. The van der Waals surface area contributed by atoms with Gasteiger partial charge in [0.05, 0.1) is 5.75 Å². The summed E-state index contributed by atoms with van der Waals surface area (Å²) in [5.74, 6) is 0.680. The fourth-order valence-electron chi connectivity index (χ4n) is 5.67. The van der Waals surface area contributed by atoms with Gasteiger partial charge in [-0.05, 0) is 98.0 Å². The number of rotatable bonds is 6. The van der Waals surface area contributed by atoms with E-state index in [1.54, 1.807) is 0 Å². The van der Waals surface area contributed by atoms with Crippen LogP contribution in [-0.2, 0) is 35.7 Å². The molecule has 1 heterocycles. The highest BCUT2D eigenvalue weighted by Crippen LogP contribution is 2.38. The molecule has 2 aliphatic carbocycles. The van der Waals surface area contributed by atoms with Gasteiger partial charge in [-0.25, -0.2) is 17.9 Å². The number of sulfonamides is 1. The SMILES string of the molecule is CC1CCN(CC(C)(C)CS(=O)(=O)NC(=O)Nc2c3c(cc4c2CCC4)CCC3)CC1. The number of urea groups is 1. The van der Waals surface area contributed by atoms with E-state index in [0.717, 1.165) is 82.6 Å². The first-order valence-electron chi connectivity index (χ1n) is 11.8. The lowest BCUT2D eigenvalue weighted by atomic mass is 9.92. The zero-order chi connectivity index (χ0) is 22.2. The lowest BCUT2D eigenvalue weighted by Gasteiger charge is -2.36. The maximum Gasteiger partial charge on any atom is 0.332 e. The Hall–Kier alpha value is -1.60. The van der Waals surface area contributed by atoms with Crippen LogP contribution in [0.1, 0.15) is 68.7 Å². The topological polar surface area (TPSA) is 78.5 Å². The summed E-state index contributed by atoms with van der Waals surface area (Å²) < 4.78 is 27.9. The molecule has 0 bridgehead atoms. The van der Waals surface area contributed by atoms with Gasteiger partial charge in [-0.3, -0.25) is 0 Å². The van der Waals surface area contributed by atoms with Gasteiger partial charge in [-0.15, -0.1) is 0 Å². The number of piperidine rings is 1. The fourth-order valence-corrected chi connectivity index (χ4v) is 7.19. The molecule has 1 aliphatic heterocycles. The molecule has 1 saturated heterocycles. The first kappa shape index (κ1) is 22.6. The van der Waals surface area contributed by atoms with Crippen molar-refractivity contribution >= 4 is 21.7 Å². The molecule has 6 nitrogen and oxygen atoms in total. The second kappa shape index (κ2) is 8.74. The number of carbonyl (C=O) groups excluding carboxylic acids is 1.